The third-order valence-corrected chi connectivity index (χ3v) is 4.08. The molecule has 3 nitrogen and oxygen atoms in total. The van der Waals surface area contributed by atoms with Gasteiger partial charge in [-0.2, -0.15) is 0 Å². The van der Waals surface area contributed by atoms with E-state index in [-0.39, 0.29) is 11.4 Å². The van der Waals surface area contributed by atoms with Gasteiger partial charge in [-0.25, -0.2) is 0 Å². The molecule has 1 aromatic rings. The molecule has 0 aromatic heterocycles. The van der Waals surface area contributed by atoms with Crippen LogP contribution in [-0.4, -0.2) is 18.0 Å². The maximum absolute atomic E-state index is 12.4. The molecule has 0 radical (unpaired) electrons. The number of hydrogen-bond donors (Lipinski definition) is 2. The van der Waals surface area contributed by atoms with E-state index in [1.54, 1.807) is 6.07 Å². The van der Waals surface area contributed by atoms with Gasteiger partial charge >= 0.3 is 0 Å². The minimum Gasteiger partial charge on any atom is -0.346 e. The highest BCUT2D eigenvalue weighted by molar-refractivity contribution is 9.11. The molecule has 1 unspecified atom stereocenters. The van der Waals surface area contributed by atoms with Crippen molar-refractivity contribution in [1.29, 1.82) is 0 Å². The Morgan fingerprint density at radius 1 is 1.42 bits per heavy atom. The fraction of sp³-hybridized carbons (Fsp3) is 0.500. The molecule has 0 saturated carbocycles. The zero-order chi connectivity index (χ0) is 14.6. The highest BCUT2D eigenvalue weighted by Crippen LogP contribution is 2.23. The molecule has 0 aliphatic heterocycles. The molecule has 0 aliphatic rings. The van der Waals surface area contributed by atoms with Crippen molar-refractivity contribution >= 4 is 37.8 Å². The van der Waals surface area contributed by atoms with Crippen molar-refractivity contribution in [2.45, 2.75) is 32.7 Å². The molecule has 19 heavy (non-hydrogen) atoms. The topological polar surface area (TPSA) is 55.1 Å². The molecule has 0 aliphatic carbocycles. The number of rotatable bonds is 5. The van der Waals surface area contributed by atoms with Gasteiger partial charge in [0.25, 0.3) is 5.91 Å². The Balaban J connectivity index is 2.91. The Kier molecular flexibility index (Phi) is 6.02. The molecule has 3 N–H and O–H groups in total. The quantitative estimate of drug-likeness (QED) is 0.803. The molecule has 0 fully saturated rings. The number of nitrogens with one attached hydrogen (secondary N) is 1. The monoisotopic (exact) mass is 390 g/mol. The first kappa shape index (κ1) is 16.7. The molecule has 0 spiro atoms. The summed E-state index contributed by atoms with van der Waals surface area (Å²) in [7, 11) is 0. The zero-order valence-corrected chi connectivity index (χ0v) is 14.6. The van der Waals surface area contributed by atoms with Crippen LogP contribution in [0.2, 0.25) is 0 Å². The molecule has 0 bridgehead atoms. The van der Waals surface area contributed by atoms with Crippen LogP contribution in [0.5, 0.6) is 0 Å². The summed E-state index contributed by atoms with van der Waals surface area (Å²) in [6.07, 6.45) is 0.848. The van der Waals surface area contributed by atoms with Crippen molar-refractivity contribution in [2.24, 2.45) is 11.7 Å². The second-order valence-electron chi connectivity index (χ2n) is 5.44. The first-order valence-corrected chi connectivity index (χ1v) is 7.83. The van der Waals surface area contributed by atoms with E-state index in [1.165, 1.54) is 0 Å². The molecule has 0 saturated heterocycles. The number of carbonyl (C=O) groups is 1. The molecular formula is C14H20Br2N2O. The van der Waals surface area contributed by atoms with E-state index in [1.807, 2.05) is 19.1 Å². The van der Waals surface area contributed by atoms with Gasteiger partial charge in [0.1, 0.15) is 0 Å². The Bertz CT molecular complexity index is 463. The zero-order valence-electron chi connectivity index (χ0n) is 11.5. The van der Waals surface area contributed by atoms with E-state index in [4.69, 9.17) is 5.73 Å². The number of nitrogens with two attached hydrogens (primary N) is 1. The fourth-order valence-electron chi connectivity index (χ4n) is 2.10. The van der Waals surface area contributed by atoms with Gasteiger partial charge in [-0.15, -0.1) is 0 Å². The first-order valence-electron chi connectivity index (χ1n) is 6.25. The smallest absolute Gasteiger partial charge is 0.252 e. The average molecular weight is 392 g/mol. The van der Waals surface area contributed by atoms with Gasteiger partial charge in [-0.1, -0.05) is 29.8 Å². The van der Waals surface area contributed by atoms with Crippen LogP contribution >= 0.6 is 31.9 Å². The lowest BCUT2D eigenvalue weighted by molar-refractivity contribution is 0.0897. The van der Waals surface area contributed by atoms with Crippen LogP contribution < -0.4 is 11.1 Å². The van der Waals surface area contributed by atoms with E-state index >= 15 is 0 Å². The number of carbonyl (C=O) groups excluding carboxylic acids is 1. The number of benzene rings is 1. The maximum Gasteiger partial charge on any atom is 0.252 e. The largest absolute Gasteiger partial charge is 0.346 e. The van der Waals surface area contributed by atoms with E-state index in [2.05, 4.69) is 51.0 Å². The minimum absolute atomic E-state index is 0.109. The van der Waals surface area contributed by atoms with Crippen LogP contribution in [0.3, 0.4) is 0 Å². The molecule has 5 heteroatoms. The highest BCUT2D eigenvalue weighted by atomic mass is 79.9. The third kappa shape index (κ3) is 4.89. The third-order valence-electron chi connectivity index (χ3n) is 2.90. The maximum atomic E-state index is 12.4. The Labute approximate surface area is 131 Å². The van der Waals surface area contributed by atoms with E-state index in [0.29, 0.717) is 18.0 Å². The number of amides is 1. The van der Waals surface area contributed by atoms with E-state index in [9.17, 15) is 4.79 Å². The molecule has 1 aromatic carbocycles. The van der Waals surface area contributed by atoms with Crippen LogP contribution in [-0.2, 0) is 0 Å². The molecule has 0 heterocycles. The van der Waals surface area contributed by atoms with Crippen LogP contribution in [0.1, 0.15) is 37.6 Å². The van der Waals surface area contributed by atoms with Crippen molar-refractivity contribution in [3.63, 3.8) is 0 Å². The SMILES string of the molecule is CC(C)CC(C)(CN)NC(=O)c1cc(Br)ccc1Br. The molecule has 1 rings (SSSR count). The summed E-state index contributed by atoms with van der Waals surface area (Å²) in [5.41, 5.74) is 6.04. The second-order valence-corrected chi connectivity index (χ2v) is 7.21. The summed E-state index contributed by atoms with van der Waals surface area (Å²) < 4.78 is 1.65. The summed E-state index contributed by atoms with van der Waals surface area (Å²) in [5.74, 6) is 0.363. The lowest BCUT2D eigenvalue weighted by Gasteiger charge is -2.31. The van der Waals surface area contributed by atoms with Crippen molar-refractivity contribution < 1.29 is 4.79 Å². The Morgan fingerprint density at radius 3 is 2.58 bits per heavy atom. The fourth-order valence-corrected chi connectivity index (χ4v) is 2.89. The van der Waals surface area contributed by atoms with Crippen molar-refractivity contribution in [2.75, 3.05) is 6.54 Å². The molecular weight excluding hydrogens is 372 g/mol. The summed E-state index contributed by atoms with van der Waals surface area (Å²) in [6.45, 7) is 6.64. The van der Waals surface area contributed by atoms with Gasteiger partial charge in [0.05, 0.1) is 5.56 Å². The molecule has 1 atom stereocenters. The summed E-state index contributed by atoms with van der Waals surface area (Å²) >= 11 is 6.77. The highest BCUT2D eigenvalue weighted by Gasteiger charge is 2.27. The summed E-state index contributed by atoms with van der Waals surface area (Å²) in [4.78, 5) is 12.4. The van der Waals surface area contributed by atoms with Gasteiger partial charge in [-0.3, -0.25) is 4.79 Å². The first-order chi connectivity index (χ1) is 8.77. The summed E-state index contributed by atoms with van der Waals surface area (Å²) in [5, 5.41) is 3.04. The minimum atomic E-state index is -0.382. The van der Waals surface area contributed by atoms with Crippen molar-refractivity contribution in [3.8, 4) is 0 Å². The van der Waals surface area contributed by atoms with Crippen LogP contribution in [0.25, 0.3) is 0 Å². The van der Waals surface area contributed by atoms with Crippen molar-refractivity contribution in [3.05, 3.63) is 32.7 Å². The van der Waals surface area contributed by atoms with Crippen molar-refractivity contribution in [1.82, 2.24) is 5.32 Å². The van der Waals surface area contributed by atoms with Gasteiger partial charge in [0, 0.05) is 21.0 Å². The predicted molar refractivity (Wildman–Crippen MR) is 86.2 cm³/mol. The van der Waals surface area contributed by atoms with Crippen LogP contribution in [0.15, 0.2) is 27.1 Å². The molecule has 1 amide bonds. The van der Waals surface area contributed by atoms with Gasteiger partial charge in [0.15, 0.2) is 0 Å². The number of hydrogen-bond acceptors (Lipinski definition) is 2. The molecule has 106 valence electrons. The normalized spacial score (nSPS) is 14.3. The van der Waals surface area contributed by atoms with Crippen LogP contribution in [0, 0.1) is 5.92 Å². The van der Waals surface area contributed by atoms with E-state index in [0.717, 1.165) is 15.4 Å². The lowest BCUT2D eigenvalue weighted by atomic mass is 9.90. The van der Waals surface area contributed by atoms with E-state index < -0.39 is 0 Å². The Morgan fingerprint density at radius 2 is 2.05 bits per heavy atom. The van der Waals surface area contributed by atoms with Gasteiger partial charge < -0.3 is 11.1 Å². The standard InChI is InChI=1S/C14H20Br2N2O/c1-9(2)7-14(3,8-17)18-13(19)11-6-10(15)4-5-12(11)16/h4-6,9H,7-8,17H2,1-3H3,(H,18,19). The lowest BCUT2D eigenvalue weighted by Crippen LogP contribution is -2.52. The Hall–Kier alpha value is -0.390. The average Bonchev–Trinajstić information content (AvgIpc) is 2.31. The van der Waals surface area contributed by atoms with Crippen LogP contribution in [0.4, 0.5) is 0 Å². The second kappa shape index (κ2) is 6.86. The predicted octanol–water partition coefficient (Wildman–Crippen LogP) is 3.70. The van der Waals surface area contributed by atoms with Gasteiger partial charge in [0.2, 0.25) is 0 Å². The summed E-state index contributed by atoms with van der Waals surface area (Å²) in [6, 6.07) is 5.53. The number of halogens is 2. The van der Waals surface area contributed by atoms with Gasteiger partial charge in [-0.05, 0) is 53.4 Å².